The second-order valence-electron chi connectivity index (χ2n) is 4.36. The Labute approximate surface area is 118 Å². The topological polar surface area (TPSA) is 51.5 Å². The Bertz CT molecular complexity index is 588. The highest BCUT2D eigenvalue weighted by atomic mass is 16.5. The number of amides is 1. The first-order valence-corrected chi connectivity index (χ1v) is 6.35. The van der Waals surface area contributed by atoms with Crippen LogP contribution in [0.15, 0.2) is 53.2 Å². The van der Waals surface area contributed by atoms with Gasteiger partial charge in [-0.15, -0.1) is 0 Å². The van der Waals surface area contributed by atoms with Crippen molar-refractivity contribution in [3.05, 3.63) is 60.1 Å². The molecule has 104 valence electrons. The second kappa shape index (κ2) is 6.61. The molecule has 0 fully saturated rings. The van der Waals surface area contributed by atoms with E-state index in [9.17, 15) is 4.79 Å². The van der Waals surface area contributed by atoms with Crippen molar-refractivity contribution in [3.63, 3.8) is 0 Å². The lowest BCUT2D eigenvalue weighted by Crippen LogP contribution is -2.24. The van der Waals surface area contributed by atoms with E-state index in [-0.39, 0.29) is 11.9 Å². The fraction of sp³-hybridized carbons (Fsp3) is 0.188. The number of rotatable bonds is 5. The van der Waals surface area contributed by atoms with E-state index in [1.165, 1.54) is 6.08 Å². The molecule has 1 unspecified atom stereocenters. The number of benzene rings is 1. The Morgan fingerprint density at radius 2 is 2.20 bits per heavy atom. The van der Waals surface area contributed by atoms with Gasteiger partial charge in [0.2, 0.25) is 5.91 Å². The summed E-state index contributed by atoms with van der Waals surface area (Å²) in [5, 5.41) is 2.89. The first kappa shape index (κ1) is 13.9. The standard InChI is InChI=1S/C16H17NO3/c1-12(13-5-3-6-15(11-13)19-2)17-16(18)9-8-14-7-4-10-20-14/h3-12H,1-2H3,(H,17,18)/b9-8+. The number of methoxy groups -OCH3 is 1. The molecule has 1 atom stereocenters. The van der Waals surface area contributed by atoms with Crippen molar-refractivity contribution in [2.24, 2.45) is 0 Å². The molecule has 1 amide bonds. The van der Waals surface area contributed by atoms with E-state index in [4.69, 9.17) is 9.15 Å². The van der Waals surface area contributed by atoms with Gasteiger partial charge >= 0.3 is 0 Å². The predicted molar refractivity (Wildman–Crippen MR) is 77.3 cm³/mol. The second-order valence-corrected chi connectivity index (χ2v) is 4.36. The number of carbonyl (C=O) groups is 1. The summed E-state index contributed by atoms with van der Waals surface area (Å²) in [5.74, 6) is 1.25. The van der Waals surface area contributed by atoms with Crippen molar-refractivity contribution in [2.75, 3.05) is 7.11 Å². The van der Waals surface area contributed by atoms with Gasteiger partial charge in [-0.3, -0.25) is 4.79 Å². The lowest BCUT2D eigenvalue weighted by atomic mass is 10.1. The minimum absolute atomic E-state index is 0.0983. The molecule has 0 aliphatic heterocycles. The molecule has 4 heteroatoms. The molecule has 4 nitrogen and oxygen atoms in total. The Balaban J connectivity index is 1.96. The van der Waals surface area contributed by atoms with E-state index >= 15 is 0 Å². The third-order valence-corrected chi connectivity index (χ3v) is 2.89. The number of carbonyl (C=O) groups excluding carboxylic acids is 1. The van der Waals surface area contributed by atoms with Gasteiger partial charge in [0.25, 0.3) is 0 Å². The van der Waals surface area contributed by atoms with Crippen molar-refractivity contribution in [1.82, 2.24) is 5.32 Å². The predicted octanol–water partition coefficient (Wildman–Crippen LogP) is 3.18. The van der Waals surface area contributed by atoms with Crippen LogP contribution in [0.2, 0.25) is 0 Å². The normalized spacial score (nSPS) is 12.3. The summed E-state index contributed by atoms with van der Waals surface area (Å²) in [5.41, 5.74) is 0.990. The zero-order valence-electron chi connectivity index (χ0n) is 11.5. The number of hydrogen-bond donors (Lipinski definition) is 1. The van der Waals surface area contributed by atoms with Gasteiger partial charge < -0.3 is 14.5 Å². The van der Waals surface area contributed by atoms with Crippen LogP contribution in [0.1, 0.15) is 24.3 Å². The van der Waals surface area contributed by atoms with Crippen molar-refractivity contribution in [1.29, 1.82) is 0 Å². The van der Waals surface area contributed by atoms with Crippen molar-refractivity contribution in [3.8, 4) is 5.75 Å². The molecule has 2 aromatic rings. The molecule has 1 aromatic heterocycles. The molecule has 1 aromatic carbocycles. The van der Waals surface area contributed by atoms with E-state index in [1.54, 1.807) is 31.6 Å². The Hall–Kier alpha value is -2.49. The lowest BCUT2D eigenvalue weighted by Gasteiger charge is -2.13. The number of ether oxygens (including phenoxy) is 1. The van der Waals surface area contributed by atoms with Gasteiger partial charge in [0, 0.05) is 6.08 Å². The smallest absolute Gasteiger partial charge is 0.244 e. The molecule has 20 heavy (non-hydrogen) atoms. The lowest BCUT2D eigenvalue weighted by molar-refractivity contribution is -0.117. The van der Waals surface area contributed by atoms with Crippen LogP contribution in [0.4, 0.5) is 0 Å². The van der Waals surface area contributed by atoms with Crippen LogP contribution in [0.3, 0.4) is 0 Å². The van der Waals surface area contributed by atoms with Crippen LogP contribution < -0.4 is 10.1 Å². The summed E-state index contributed by atoms with van der Waals surface area (Å²) in [6.07, 6.45) is 4.65. The molecule has 0 saturated carbocycles. The first-order valence-electron chi connectivity index (χ1n) is 6.35. The Morgan fingerprint density at radius 3 is 2.90 bits per heavy atom. The summed E-state index contributed by atoms with van der Waals surface area (Å²) < 4.78 is 10.3. The third kappa shape index (κ3) is 3.75. The maximum Gasteiger partial charge on any atom is 0.244 e. The molecule has 0 bridgehead atoms. The summed E-state index contributed by atoms with van der Waals surface area (Å²) >= 11 is 0. The minimum atomic E-state index is -0.170. The molecular weight excluding hydrogens is 254 g/mol. The van der Waals surface area contributed by atoms with Gasteiger partial charge in [-0.05, 0) is 42.8 Å². The van der Waals surface area contributed by atoms with Crippen molar-refractivity contribution >= 4 is 12.0 Å². The van der Waals surface area contributed by atoms with Crippen LogP contribution in [0, 0.1) is 0 Å². The van der Waals surface area contributed by atoms with Gasteiger partial charge in [-0.1, -0.05) is 12.1 Å². The van der Waals surface area contributed by atoms with E-state index in [2.05, 4.69) is 5.32 Å². The average molecular weight is 271 g/mol. The molecule has 0 radical (unpaired) electrons. The summed E-state index contributed by atoms with van der Waals surface area (Å²) in [7, 11) is 1.62. The van der Waals surface area contributed by atoms with Gasteiger partial charge in [0.05, 0.1) is 19.4 Å². The molecule has 1 N–H and O–H groups in total. The van der Waals surface area contributed by atoms with Crippen LogP contribution >= 0.6 is 0 Å². The van der Waals surface area contributed by atoms with Crippen molar-refractivity contribution < 1.29 is 13.9 Å². The highest BCUT2D eigenvalue weighted by Crippen LogP contribution is 2.18. The van der Waals surface area contributed by atoms with Crippen molar-refractivity contribution in [2.45, 2.75) is 13.0 Å². The highest BCUT2D eigenvalue weighted by molar-refractivity contribution is 5.91. The molecule has 0 spiro atoms. The van der Waals surface area contributed by atoms with Gasteiger partial charge in [0.1, 0.15) is 11.5 Å². The average Bonchev–Trinajstić information content (AvgIpc) is 2.98. The summed E-state index contributed by atoms with van der Waals surface area (Å²) in [4.78, 5) is 11.8. The quantitative estimate of drug-likeness (QED) is 0.850. The summed E-state index contributed by atoms with van der Waals surface area (Å²) in [6, 6.07) is 11.1. The van der Waals surface area contributed by atoms with E-state index in [1.807, 2.05) is 31.2 Å². The van der Waals surface area contributed by atoms with E-state index in [0.29, 0.717) is 5.76 Å². The molecule has 0 aliphatic rings. The zero-order valence-corrected chi connectivity index (χ0v) is 11.5. The third-order valence-electron chi connectivity index (χ3n) is 2.89. The largest absolute Gasteiger partial charge is 0.497 e. The summed E-state index contributed by atoms with van der Waals surface area (Å²) in [6.45, 7) is 1.92. The molecular formula is C16H17NO3. The van der Waals surface area contributed by atoms with Crippen LogP contribution in [0.5, 0.6) is 5.75 Å². The molecule has 1 heterocycles. The maximum atomic E-state index is 11.8. The fourth-order valence-corrected chi connectivity index (χ4v) is 1.80. The van der Waals surface area contributed by atoms with Gasteiger partial charge in [-0.2, -0.15) is 0 Å². The Kier molecular flexibility index (Phi) is 4.60. The molecule has 2 rings (SSSR count). The monoisotopic (exact) mass is 271 g/mol. The fourth-order valence-electron chi connectivity index (χ4n) is 1.80. The first-order chi connectivity index (χ1) is 9.69. The maximum absolute atomic E-state index is 11.8. The van der Waals surface area contributed by atoms with E-state index in [0.717, 1.165) is 11.3 Å². The van der Waals surface area contributed by atoms with Gasteiger partial charge in [0.15, 0.2) is 0 Å². The highest BCUT2D eigenvalue weighted by Gasteiger charge is 2.08. The zero-order chi connectivity index (χ0) is 14.4. The Morgan fingerprint density at radius 1 is 1.35 bits per heavy atom. The minimum Gasteiger partial charge on any atom is -0.497 e. The SMILES string of the molecule is COc1cccc(C(C)NC(=O)/C=C/c2ccco2)c1. The van der Waals surface area contributed by atoms with Crippen LogP contribution in [-0.4, -0.2) is 13.0 Å². The molecule has 0 aliphatic carbocycles. The molecule has 0 saturated heterocycles. The van der Waals surface area contributed by atoms with Crippen LogP contribution in [-0.2, 0) is 4.79 Å². The number of furan rings is 1. The van der Waals surface area contributed by atoms with E-state index < -0.39 is 0 Å². The van der Waals surface area contributed by atoms with Gasteiger partial charge in [-0.25, -0.2) is 0 Å². The van der Waals surface area contributed by atoms with Crippen LogP contribution in [0.25, 0.3) is 6.08 Å². The number of hydrogen-bond acceptors (Lipinski definition) is 3. The number of nitrogens with one attached hydrogen (secondary N) is 1.